The van der Waals surface area contributed by atoms with Crippen molar-refractivity contribution in [3.05, 3.63) is 71.8 Å². The average Bonchev–Trinajstić information content (AvgIpc) is 2.56. The van der Waals surface area contributed by atoms with Crippen LogP contribution in [0.25, 0.3) is 0 Å². The maximum Gasteiger partial charge on any atom is 0.374 e. The highest BCUT2D eigenvalue weighted by molar-refractivity contribution is 6.34. The second-order valence-electron chi connectivity index (χ2n) is 5.88. The fraction of sp³-hybridized carbons (Fsp3) is 0.300. The topological polar surface area (TPSA) is 43.4 Å². The highest BCUT2D eigenvalue weighted by Crippen LogP contribution is 2.53. The minimum Gasteiger partial charge on any atom is -0.460 e. The Bertz CT molecular complexity index is 679. The first-order valence-electron chi connectivity index (χ1n) is 8.03. The fourth-order valence-corrected chi connectivity index (χ4v) is 3.46. The Morgan fingerprint density at radius 1 is 0.957 bits per heavy atom. The Morgan fingerprint density at radius 3 is 2.09 bits per heavy atom. The summed E-state index contributed by atoms with van der Waals surface area (Å²) in [7, 11) is 0. The summed E-state index contributed by atoms with van der Waals surface area (Å²) in [6.07, 6.45) is 0.696. The molecule has 0 aromatic heterocycles. The quantitative estimate of drug-likeness (QED) is 0.625. The Hall–Kier alpha value is -2.42. The molecule has 3 heteroatoms. The number of hydrogen-bond donors (Lipinski definition) is 0. The lowest BCUT2D eigenvalue weighted by molar-refractivity contribution is -0.157. The number of rotatable bonds is 5. The van der Waals surface area contributed by atoms with Gasteiger partial charge in [0, 0.05) is 11.8 Å². The van der Waals surface area contributed by atoms with Crippen molar-refractivity contribution in [1.29, 1.82) is 0 Å². The van der Waals surface area contributed by atoms with Gasteiger partial charge in [0.2, 0.25) is 5.78 Å². The van der Waals surface area contributed by atoms with Gasteiger partial charge in [-0.15, -0.1) is 0 Å². The van der Waals surface area contributed by atoms with E-state index in [0.29, 0.717) is 6.42 Å². The van der Waals surface area contributed by atoms with Crippen LogP contribution < -0.4 is 0 Å². The molecule has 118 valence electrons. The first-order valence-corrected chi connectivity index (χ1v) is 8.03. The van der Waals surface area contributed by atoms with Gasteiger partial charge in [-0.2, -0.15) is 0 Å². The van der Waals surface area contributed by atoms with E-state index in [-0.39, 0.29) is 24.4 Å². The van der Waals surface area contributed by atoms with E-state index in [2.05, 4.69) is 12.1 Å². The van der Waals surface area contributed by atoms with Crippen LogP contribution in [0, 0.1) is 5.92 Å². The predicted octanol–water partition coefficient (Wildman–Crippen LogP) is 3.71. The first kappa shape index (κ1) is 15.5. The summed E-state index contributed by atoms with van der Waals surface area (Å²) in [5.74, 6) is -1.09. The molecule has 0 aliphatic heterocycles. The lowest BCUT2D eigenvalue weighted by Gasteiger charge is -2.44. The minimum atomic E-state index is -0.704. The van der Waals surface area contributed by atoms with Crippen molar-refractivity contribution in [2.24, 2.45) is 5.92 Å². The SMILES string of the molecule is CCOC(=O)C(=O)[C@@H]1CC(c2ccccc2)[C@H]1c1ccccc1. The summed E-state index contributed by atoms with van der Waals surface area (Å²) in [5, 5.41) is 0. The van der Waals surface area contributed by atoms with E-state index in [0.717, 1.165) is 5.56 Å². The average molecular weight is 308 g/mol. The summed E-state index contributed by atoms with van der Waals surface area (Å²) in [4.78, 5) is 24.2. The smallest absolute Gasteiger partial charge is 0.374 e. The van der Waals surface area contributed by atoms with Gasteiger partial charge < -0.3 is 4.74 Å². The standard InChI is InChI=1S/C20H20O3/c1-2-23-20(22)19(21)17-13-16(14-9-5-3-6-10-14)18(17)15-11-7-4-8-12-15/h3-12,16-18H,2,13H2,1H3/t16?,17-,18-/m1/s1. The normalized spacial score (nSPS) is 22.9. The third kappa shape index (κ3) is 3.04. The van der Waals surface area contributed by atoms with Crippen LogP contribution >= 0.6 is 0 Å². The Morgan fingerprint density at radius 2 is 1.52 bits per heavy atom. The van der Waals surface area contributed by atoms with Gasteiger partial charge >= 0.3 is 5.97 Å². The van der Waals surface area contributed by atoms with E-state index in [1.807, 2.05) is 48.5 Å². The van der Waals surface area contributed by atoms with Crippen molar-refractivity contribution in [1.82, 2.24) is 0 Å². The van der Waals surface area contributed by atoms with E-state index in [1.54, 1.807) is 6.92 Å². The van der Waals surface area contributed by atoms with Crippen molar-refractivity contribution in [2.75, 3.05) is 6.61 Å². The molecule has 1 saturated carbocycles. The summed E-state index contributed by atoms with van der Waals surface area (Å²) in [6.45, 7) is 1.95. The zero-order valence-electron chi connectivity index (χ0n) is 13.1. The van der Waals surface area contributed by atoms with Crippen LogP contribution in [0.5, 0.6) is 0 Å². The third-order valence-corrected chi connectivity index (χ3v) is 4.60. The molecule has 1 aliphatic carbocycles. The van der Waals surface area contributed by atoms with Crippen LogP contribution in [-0.2, 0) is 14.3 Å². The summed E-state index contributed by atoms with van der Waals surface area (Å²) in [5.41, 5.74) is 2.32. The van der Waals surface area contributed by atoms with Crippen LogP contribution in [0.2, 0.25) is 0 Å². The Balaban J connectivity index is 1.88. The van der Waals surface area contributed by atoms with E-state index >= 15 is 0 Å². The second kappa shape index (κ2) is 6.78. The first-order chi connectivity index (χ1) is 11.2. The lowest BCUT2D eigenvalue weighted by atomic mass is 9.58. The van der Waals surface area contributed by atoms with Crippen LogP contribution in [0.3, 0.4) is 0 Å². The highest BCUT2D eigenvalue weighted by Gasteiger charge is 2.48. The number of Topliss-reactive ketones (excluding diaryl/α,β-unsaturated/α-hetero) is 1. The van der Waals surface area contributed by atoms with Gasteiger partial charge in [0.25, 0.3) is 0 Å². The number of ketones is 1. The van der Waals surface area contributed by atoms with Gasteiger partial charge in [0.15, 0.2) is 0 Å². The molecule has 0 spiro atoms. The molecule has 0 radical (unpaired) electrons. The van der Waals surface area contributed by atoms with E-state index in [1.165, 1.54) is 5.56 Å². The maximum absolute atomic E-state index is 12.4. The molecule has 1 unspecified atom stereocenters. The number of carbonyl (C=O) groups excluding carboxylic acids is 2. The van der Waals surface area contributed by atoms with Gasteiger partial charge in [-0.05, 0) is 30.4 Å². The van der Waals surface area contributed by atoms with Crippen LogP contribution in [0.4, 0.5) is 0 Å². The molecule has 1 aliphatic rings. The molecule has 0 amide bonds. The van der Waals surface area contributed by atoms with Crippen LogP contribution in [0.1, 0.15) is 36.3 Å². The molecule has 0 heterocycles. The molecule has 3 atom stereocenters. The van der Waals surface area contributed by atoms with Crippen molar-refractivity contribution < 1.29 is 14.3 Å². The minimum absolute atomic E-state index is 0.0375. The molecule has 0 N–H and O–H groups in total. The zero-order chi connectivity index (χ0) is 16.2. The van der Waals surface area contributed by atoms with Gasteiger partial charge in [0.05, 0.1) is 6.61 Å². The third-order valence-electron chi connectivity index (χ3n) is 4.60. The Labute approximate surface area is 136 Å². The van der Waals surface area contributed by atoms with Crippen molar-refractivity contribution in [2.45, 2.75) is 25.2 Å². The van der Waals surface area contributed by atoms with Gasteiger partial charge in [-0.25, -0.2) is 4.79 Å². The summed E-state index contributed by atoms with van der Waals surface area (Å²) < 4.78 is 4.90. The number of ether oxygens (including phenoxy) is 1. The molecule has 1 fully saturated rings. The molecule has 2 aromatic carbocycles. The van der Waals surface area contributed by atoms with Crippen LogP contribution in [0.15, 0.2) is 60.7 Å². The fourth-order valence-electron chi connectivity index (χ4n) is 3.46. The Kier molecular flexibility index (Phi) is 4.56. The van der Waals surface area contributed by atoms with Gasteiger partial charge in [0.1, 0.15) is 0 Å². The summed E-state index contributed by atoms with van der Waals surface area (Å²) >= 11 is 0. The highest BCUT2D eigenvalue weighted by atomic mass is 16.5. The zero-order valence-corrected chi connectivity index (χ0v) is 13.1. The van der Waals surface area contributed by atoms with Crippen LogP contribution in [-0.4, -0.2) is 18.4 Å². The van der Waals surface area contributed by atoms with Crippen molar-refractivity contribution in [3.8, 4) is 0 Å². The van der Waals surface area contributed by atoms with Gasteiger partial charge in [-0.1, -0.05) is 60.7 Å². The number of esters is 1. The molecular formula is C20H20O3. The second-order valence-corrected chi connectivity index (χ2v) is 5.88. The van der Waals surface area contributed by atoms with Gasteiger partial charge in [-0.3, -0.25) is 4.79 Å². The predicted molar refractivity (Wildman–Crippen MR) is 88.1 cm³/mol. The van der Waals surface area contributed by atoms with E-state index in [4.69, 9.17) is 4.74 Å². The maximum atomic E-state index is 12.4. The molecular weight excluding hydrogens is 288 g/mol. The number of hydrogen-bond acceptors (Lipinski definition) is 3. The molecule has 23 heavy (non-hydrogen) atoms. The molecule has 3 rings (SSSR count). The lowest BCUT2D eigenvalue weighted by Crippen LogP contribution is -2.41. The molecule has 3 nitrogen and oxygen atoms in total. The number of carbonyl (C=O) groups is 2. The number of benzene rings is 2. The largest absolute Gasteiger partial charge is 0.460 e. The summed E-state index contributed by atoms with van der Waals surface area (Å²) in [6, 6.07) is 20.2. The van der Waals surface area contributed by atoms with Crippen molar-refractivity contribution >= 4 is 11.8 Å². The monoisotopic (exact) mass is 308 g/mol. The molecule has 0 saturated heterocycles. The molecule has 0 bridgehead atoms. The van der Waals surface area contributed by atoms with E-state index in [9.17, 15) is 9.59 Å². The molecule has 2 aromatic rings. The van der Waals surface area contributed by atoms with E-state index < -0.39 is 11.8 Å². The van der Waals surface area contributed by atoms with Crippen molar-refractivity contribution in [3.63, 3.8) is 0 Å².